The van der Waals surface area contributed by atoms with Crippen LogP contribution in [0.25, 0.3) is 0 Å². The molecule has 0 aromatic heterocycles. The van der Waals surface area contributed by atoms with Crippen molar-refractivity contribution in [3.05, 3.63) is 33.9 Å². The number of nitro groups is 1. The second kappa shape index (κ2) is 7.86. The van der Waals surface area contributed by atoms with Gasteiger partial charge in [0.15, 0.2) is 0 Å². The molecule has 2 N–H and O–H groups in total. The number of carbonyl (C=O) groups excluding carboxylic acids is 1. The number of hydrogen-bond donors (Lipinski definition) is 2. The Bertz CT molecular complexity index is 491. The first-order chi connectivity index (χ1) is 9.45. The zero-order valence-electron chi connectivity index (χ0n) is 11.5. The third kappa shape index (κ3) is 4.82. The lowest BCUT2D eigenvalue weighted by Gasteiger charge is -2.08. The smallest absolute Gasteiger partial charge is 0.282 e. The minimum Gasteiger partial charge on any atom is -0.393 e. The summed E-state index contributed by atoms with van der Waals surface area (Å²) in [6.07, 6.45) is 2.62. The molecule has 0 saturated carbocycles. The monoisotopic (exact) mass is 298 g/mol. The van der Waals surface area contributed by atoms with Gasteiger partial charge in [0, 0.05) is 17.5 Å². The van der Waals surface area contributed by atoms with E-state index in [0.717, 1.165) is 4.90 Å². The van der Waals surface area contributed by atoms with Crippen LogP contribution in [0, 0.1) is 10.1 Å². The van der Waals surface area contributed by atoms with Crippen LogP contribution < -0.4 is 5.32 Å². The summed E-state index contributed by atoms with van der Waals surface area (Å²) < 4.78 is 0. The molecule has 1 unspecified atom stereocenters. The Morgan fingerprint density at radius 2 is 2.25 bits per heavy atom. The molecule has 1 aromatic rings. The number of benzene rings is 1. The minimum atomic E-state index is -0.561. The van der Waals surface area contributed by atoms with Crippen LogP contribution in [0.4, 0.5) is 5.69 Å². The normalized spacial score (nSPS) is 11.9. The summed E-state index contributed by atoms with van der Waals surface area (Å²) >= 11 is 1.42. The van der Waals surface area contributed by atoms with E-state index in [-0.39, 0.29) is 11.3 Å². The number of carbonyl (C=O) groups is 1. The lowest BCUT2D eigenvalue weighted by Crippen LogP contribution is -2.25. The molecular weight excluding hydrogens is 280 g/mol. The van der Waals surface area contributed by atoms with Gasteiger partial charge in [-0.25, -0.2) is 0 Å². The maximum absolute atomic E-state index is 12.0. The van der Waals surface area contributed by atoms with Crippen LogP contribution in [0.3, 0.4) is 0 Å². The first-order valence-electron chi connectivity index (χ1n) is 6.24. The number of nitrogens with zero attached hydrogens (tertiary/aromatic N) is 1. The molecule has 7 heteroatoms. The van der Waals surface area contributed by atoms with Crippen molar-refractivity contribution in [1.29, 1.82) is 0 Å². The highest BCUT2D eigenvalue weighted by molar-refractivity contribution is 7.98. The highest BCUT2D eigenvalue weighted by Gasteiger charge is 2.20. The quantitative estimate of drug-likeness (QED) is 0.348. The van der Waals surface area contributed by atoms with Gasteiger partial charge in [0.2, 0.25) is 0 Å². The van der Waals surface area contributed by atoms with Gasteiger partial charge in [0.1, 0.15) is 5.56 Å². The summed E-state index contributed by atoms with van der Waals surface area (Å²) in [5, 5.41) is 22.7. The average Bonchev–Trinajstić information content (AvgIpc) is 2.42. The maximum Gasteiger partial charge on any atom is 0.282 e. The van der Waals surface area contributed by atoms with E-state index >= 15 is 0 Å². The summed E-state index contributed by atoms with van der Waals surface area (Å²) in [4.78, 5) is 23.2. The van der Waals surface area contributed by atoms with Gasteiger partial charge in [-0.15, -0.1) is 11.8 Å². The molecule has 0 bridgehead atoms. The lowest BCUT2D eigenvalue weighted by molar-refractivity contribution is -0.385. The van der Waals surface area contributed by atoms with Gasteiger partial charge in [-0.3, -0.25) is 14.9 Å². The van der Waals surface area contributed by atoms with Crippen LogP contribution in [0.15, 0.2) is 23.1 Å². The van der Waals surface area contributed by atoms with Gasteiger partial charge in [-0.05, 0) is 38.2 Å². The van der Waals surface area contributed by atoms with Gasteiger partial charge in [-0.1, -0.05) is 0 Å². The molecule has 20 heavy (non-hydrogen) atoms. The number of aliphatic hydroxyl groups excluding tert-OH is 1. The SMILES string of the molecule is CSc1ccc([N+](=O)[O-])c(C(=O)NCCCC(C)O)c1. The van der Waals surface area contributed by atoms with Crippen molar-refractivity contribution in [1.82, 2.24) is 5.32 Å². The fourth-order valence-corrected chi connectivity index (χ4v) is 2.12. The molecule has 0 aliphatic carbocycles. The van der Waals surface area contributed by atoms with Crippen LogP contribution in [-0.4, -0.2) is 34.8 Å². The number of aliphatic hydroxyl groups is 1. The van der Waals surface area contributed by atoms with E-state index in [2.05, 4.69) is 5.32 Å². The number of rotatable bonds is 7. The van der Waals surface area contributed by atoms with Crippen LogP contribution in [-0.2, 0) is 0 Å². The van der Waals surface area contributed by atoms with Gasteiger partial charge in [0.25, 0.3) is 11.6 Å². The Kier molecular flexibility index (Phi) is 6.47. The third-order valence-corrected chi connectivity index (χ3v) is 3.45. The topological polar surface area (TPSA) is 92.5 Å². The standard InChI is InChI=1S/C13H18N2O4S/c1-9(16)4-3-7-14-13(17)11-8-10(20-2)5-6-12(11)15(18)19/h5-6,8-9,16H,3-4,7H2,1-2H3,(H,14,17). The molecule has 0 fully saturated rings. The molecule has 1 rings (SSSR count). The second-order valence-electron chi connectivity index (χ2n) is 4.39. The minimum absolute atomic E-state index is 0.0684. The predicted molar refractivity (Wildman–Crippen MR) is 78.1 cm³/mol. The third-order valence-electron chi connectivity index (χ3n) is 2.73. The Morgan fingerprint density at radius 1 is 1.55 bits per heavy atom. The fraction of sp³-hybridized carbons (Fsp3) is 0.462. The van der Waals surface area contributed by atoms with E-state index in [9.17, 15) is 14.9 Å². The van der Waals surface area contributed by atoms with Crippen molar-refractivity contribution in [2.45, 2.75) is 30.8 Å². The molecular formula is C13H18N2O4S. The van der Waals surface area contributed by atoms with Crippen molar-refractivity contribution < 1.29 is 14.8 Å². The Labute approximate surface area is 121 Å². The van der Waals surface area contributed by atoms with Gasteiger partial charge in [0.05, 0.1) is 11.0 Å². The first-order valence-corrected chi connectivity index (χ1v) is 7.47. The van der Waals surface area contributed by atoms with E-state index in [1.165, 1.54) is 23.9 Å². The number of thioether (sulfide) groups is 1. The van der Waals surface area contributed by atoms with Crippen molar-refractivity contribution in [3.63, 3.8) is 0 Å². The predicted octanol–water partition coefficient (Wildman–Crippen LogP) is 2.21. The molecule has 1 amide bonds. The summed E-state index contributed by atoms with van der Waals surface area (Å²) in [6, 6.07) is 4.48. The van der Waals surface area contributed by atoms with Gasteiger partial charge >= 0.3 is 0 Å². The number of nitro benzene ring substituents is 1. The van der Waals surface area contributed by atoms with Crippen LogP contribution in [0.5, 0.6) is 0 Å². The molecule has 1 aromatic carbocycles. The van der Waals surface area contributed by atoms with Crippen molar-refractivity contribution in [2.24, 2.45) is 0 Å². The van der Waals surface area contributed by atoms with E-state index < -0.39 is 16.9 Å². The van der Waals surface area contributed by atoms with E-state index in [1.807, 2.05) is 6.26 Å². The van der Waals surface area contributed by atoms with Gasteiger partial charge in [-0.2, -0.15) is 0 Å². The van der Waals surface area contributed by atoms with Crippen molar-refractivity contribution in [2.75, 3.05) is 12.8 Å². The molecule has 0 aliphatic heterocycles. The molecule has 110 valence electrons. The highest BCUT2D eigenvalue weighted by Crippen LogP contribution is 2.24. The summed E-state index contributed by atoms with van der Waals surface area (Å²) in [5.74, 6) is -0.460. The average molecular weight is 298 g/mol. The molecule has 1 atom stereocenters. The van der Waals surface area contributed by atoms with E-state index in [0.29, 0.717) is 19.4 Å². The van der Waals surface area contributed by atoms with Gasteiger partial charge < -0.3 is 10.4 Å². The molecule has 0 heterocycles. The van der Waals surface area contributed by atoms with Crippen molar-refractivity contribution in [3.8, 4) is 0 Å². The Balaban J connectivity index is 2.77. The molecule has 0 aliphatic rings. The molecule has 0 saturated heterocycles. The van der Waals surface area contributed by atoms with Crippen molar-refractivity contribution >= 4 is 23.4 Å². The molecule has 0 radical (unpaired) electrons. The first kappa shape index (κ1) is 16.5. The Hall–Kier alpha value is -1.60. The summed E-state index contributed by atoms with van der Waals surface area (Å²) in [7, 11) is 0. The zero-order chi connectivity index (χ0) is 15.1. The number of amides is 1. The lowest BCUT2D eigenvalue weighted by atomic mass is 10.1. The number of nitrogens with one attached hydrogen (secondary N) is 1. The highest BCUT2D eigenvalue weighted by atomic mass is 32.2. The Morgan fingerprint density at radius 3 is 2.80 bits per heavy atom. The van der Waals surface area contributed by atoms with Crippen LogP contribution in [0.2, 0.25) is 0 Å². The maximum atomic E-state index is 12.0. The molecule has 0 spiro atoms. The zero-order valence-corrected chi connectivity index (χ0v) is 12.3. The van der Waals surface area contributed by atoms with Crippen LogP contribution in [0.1, 0.15) is 30.1 Å². The molecule has 6 nitrogen and oxygen atoms in total. The summed E-state index contributed by atoms with van der Waals surface area (Å²) in [6.45, 7) is 2.05. The second-order valence-corrected chi connectivity index (χ2v) is 5.27. The van der Waals surface area contributed by atoms with E-state index in [4.69, 9.17) is 5.11 Å². The number of hydrogen-bond acceptors (Lipinski definition) is 5. The fourth-order valence-electron chi connectivity index (χ4n) is 1.68. The largest absolute Gasteiger partial charge is 0.393 e. The van der Waals surface area contributed by atoms with E-state index in [1.54, 1.807) is 13.0 Å². The summed E-state index contributed by atoms with van der Waals surface area (Å²) in [5.41, 5.74) is -0.130. The van der Waals surface area contributed by atoms with Crippen LogP contribution >= 0.6 is 11.8 Å².